The highest BCUT2D eigenvalue weighted by Gasteiger charge is 2.13. The van der Waals surface area contributed by atoms with Gasteiger partial charge in [-0.05, 0) is 94.8 Å². The van der Waals surface area contributed by atoms with Gasteiger partial charge in [0.1, 0.15) is 0 Å². The van der Waals surface area contributed by atoms with Crippen LogP contribution in [0.5, 0.6) is 0 Å². The van der Waals surface area contributed by atoms with Crippen LogP contribution in [0, 0.1) is 11.8 Å². The van der Waals surface area contributed by atoms with E-state index in [0.717, 1.165) is 90.3 Å². The van der Waals surface area contributed by atoms with E-state index in [0.29, 0.717) is 38.1 Å². The van der Waals surface area contributed by atoms with Gasteiger partial charge in [-0.1, -0.05) is 155 Å². The van der Waals surface area contributed by atoms with Crippen LogP contribution in [0.15, 0.2) is 29.8 Å². The summed E-state index contributed by atoms with van der Waals surface area (Å²) in [5.74, 6) is 0.444. The largest absolute Gasteiger partial charge is 0.466 e. The van der Waals surface area contributed by atoms with Crippen molar-refractivity contribution in [1.29, 1.82) is 0 Å². The second kappa shape index (κ2) is 39.6. The van der Waals surface area contributed by atoms with Crippen LogP contribution < -0.4 is 0 Å². The molecule has 0 radical (unpaired) electrons. The van der Waals surface area contributed by atoms with Gasteiger partial charge in [-0.25, -0.2) is 0 Å². The Morgan fingerprint density at radius 3 is 1.64 bits per heavy atom. The molecule has 0 aliphatic rings. The van der Waals surface area contributed by atoms with Gasteiger partial charge in [0.25, 0.3) is 0 Å². The molecule has 0 rings (SSSR count). The molecular formula is C47H85NO5. The number of hydrogen-bond acceptors (Lipinski definition) is 6. The Morgan fingerprint density at radius 2 is 1.09 bits per heavy atom. The molecule has 0 heterocycles. The Labute approximate surface area is 328 Å². The van der Waals surface area contributed by atoms with Crippen LogP contribution in [0.25, 0.3) is 0 Å². The molecule has 0 aromatic carbocycles. The van der Waals surface area contributed by atoms with E-state index in [-0.39, 0.29) is 17.9 Å². The van der Waals surface area contributed by atoms with Crippen LogP contribution in [-0.2, 0) is 23.8 Å². The van der Waals surface area contributed by atoms with Gasteiger partial charge in [0, 0.05) is 13.0 Å². The van der Waals surface area contributed by atoms with Crippen LogP contribution >= 0.6 is 0 Å². The minimum absolute atomic E-state index is 0.0201. The Hall–Kier alpha value is -2.06. The summed E-state index contributed by atoms with van der Waals surface area (Å²) in [5, 5.41) is 0. The molecule has 6 nitrogen and oxygen atoms in total. The van der Waals surface area contributed by atoms with Crippen LogP contribution in [-0.4, -0.2) is 62.4 Å². The van der Waals surface area contributed by atoms with Crippen molar-refractivity contribution in [2.24, 2.45) is 11.8 Å². The third-order valence-corrected chi connectivity index (χ3v) is 10.4. The molecule has 53 heavy (non-hydrogen) atoms. The van der Waals surface area contributed by atoms with Gasteiger partial charge < -0.3 is 19.1 Å². The fourth-order valence-electron chi connectivity index (χ4n) is 6.85. The molecule has 0 spiro atoms. The zero-order chi connectivity index (χ0) is 39.0. The Morgan fingerprint density at radius 1 is 0.604 bits per heavy atom. The van der Waals surface area contributed by atoms with Gasteiger partial charge in [0.2, 0.25) is 0 Å². The topological polar surface area (TPSA) is 65.1 Å². The van der Waals surface area contributed by atoms with E-state index >= 15 is 0 Å². The Kier molecular flexibility index (Phi) is 38.1. The monoisotopic (exact) mass is 744 g/mol. The van der Waals surface area contributed by atoms with Crippen LogP contribution in [0.2, 0.25) is 0 Å². The summed E-state index contributed by atoms with van der Waals surface area (Å²) >= 11 is 0. The maximum atomic E-state index is 12.4. The lowest BCUT2D eigenvalue weighted by molar-refractivity contribution is -0.145. The first kappa shape index (κ1) is 50.9. The number of nitrogens with zero attached hydrogens (tertiary/aromatic N) is 1. The number of carbonyl (C=O) groups excluding carboxylic acids is 2. The van der Waals surface area contributed by atoms with Crippen LogP contribution in [0.3, 0.4) is 0 Å². The van der Waals surface area contributed by atoms with E-state index < -0.39 is 0 Å². The number of esters is 2. The van der Waals surface area contributed by atoms with E-state index in [2.05, 4.69) is 63.3 Å². The lowest BCUT2D eigenvalue weighted by Crippen LogP contribution is -2.24. The molecule has 0 saturated heterocycles. The minimum Gasteiger partial charge on any atom is -0.466 e. The SMILES string of the molecule is C=C=C=C=CC(CCCCC)CC(=O)OCCCCCCCCC(CCCCCCCCOC(=O)CC(C)CCCCC)OCCCCN(CC)CC. The molecule has 0 fully saturated rings. The molecule has 0 aromatic heterocycles. The van der Waals surface area contributed by atoms with Crippen molar-refractivity contribution >= 4 is 11.9 Å². The van der Waals surface area contributed by atoms with Crippen molar-refractivity contribution in [1.82, 2.24) is 4.90 Å². The van der Waals surface area contributed by atoms with Gasteiger partial charge in [-0.2, -0.15) is 0 Å². The molecule has 3 unspecified atom stereocenters. The van der Waals surface area contributed by atoms with Crippen molar-refractivity contribution < 1.29 is 23.8 Å². The van der Waals surface area contributed by atoms with E-state index in [9.17, 15) is 9.59 Å². The Balaban J connectivity index is 4.26. The first-order valence-corrected chi connectivity index (χ1v) is 22.4. The second-order valence-electron chi connectivity index (χ2n) is 15.4. The lowest BCUT2D eigenvalue weighted by atomic mass is 9.98. The highest BCUT2D eigenvalue weighted by atomic mass is 16.5. The van der Waals surface area contributed by atoms with Crippen LogP contribution in [0.1, 0.15) is 202 Å². The summed E-state index contributed by atoms with van der Waals surface area (Å²) in [7, 11) is 0. The van der Waals surface area contributed by atoms with E-state index in [1.54, 1.807) is 0 Å². The lowest BCUT2D eigenvalue weighted by Gasteiger charge is -2.20. The fraction of sp³-hybridized carbons (Fsp3) is 0.851. The Bertz CT molecular complexity index is 958. The number of carbonyl (C=O) groups is 2. The zero-order valence-electron chi connectivity index (χ0n) is 35.6. The highest BCUT2D eigenvalue weighted by molar-refractivity contribution is 5.70. The maximum absolute atomic E-state index is 12.4. The molecule has 0 amide bonds. The molecule has 6 heteroatoms. The number of allylic oxidation sites excluding steroid dienone is 1. The smallest absolute Gasteiger partial charge is 0.306 e. The highest BCUT2D eigenvalue weighted by Crippen LogP contribution is 2.19. The molecule has 0 N–H and O–H groups in total. The standard InChI is InChI=1S/C47H85NO5/c1-7-12-23-32-43(6)41-46(49)52-39-29-21-17-15-19-26-35-45(51-38-31-28-37-48(10-4)11-5)36-27-20-16-18-22-30-40-53-47(50)42-44(33-24-13-8-2)34-25-14-9-3/h33,43-45H,2,7,9-12,14-23,25-32,34-42H2,1,3-6H3. The molecular weight excluding hydrogens is 659 g/mol. The third-order valence-electron chi connectivity index (χ3n) is 10.4. The van der Waals surface area contributed by atoms with Gasteiger partial charge in [-0.3, -0.25) is 9.59 Å². The number of rotatable bonds is 39. The molecule has 3 atom stereocenters. The van der Waals surface area contributed by atoms with Crippen molar-refractivity contribution in [3.63, 3.8) is 0 Å². The maximum Gasteiger partial charge on any atom is 0.306 e. The first-order chi connectivity index (χ1) is 25.9. The van der Waals surface area contributed by atoms with Crippen molar-refractivity contribution in [2.45, 2.75) is 208 Å². The third kappa shape index (κ3) is 35.4. The second-order valence-corrected chi connectivity index (χ2v) is 15.4. The number of hydrogen-bond donors (Lipinski definition) is 0. The van der Waals surface area contributed by atoms with Gasteiger partial charge in [-0.15, -0.1) is 0 Å². The van der Waals surface area contributed by atoms with Crippen molar-refractivity contribution in [3.05, 3.63) is 29.8 Å². The summed E-state index contributed by atoms with van der Waals surface area (Å²) in [4.78, 5) is 27.0. The predicted molar refractivity (Wildman–Crippen MR) is 224 cm³/mol. The van der Waals surface area contributed by atoms with Crippen LogP contribution in [0.4, 0.5) is 0 Å². The van der Waals surface area contributed by atoms with E-state index in [4.69, 9.17) is 14.2 Å². The van der Waals surface area contributed by atoms with Crippen molar-refractivity contribution in [3.8, 4) is 0 Å². The molecule has 0 aliphatic carbocycles. The van der Waals surface area contributed by atoms with Crippen molar-refractivity contribution in [2.75, 3.05) is 39.5 Å². The normalized spacial score (nSPS) is 12.8. The minimum atomic E-state index is -0.109. The molecule has 0 saturated carbocycles. The average Bonchev–Trinajstić information content (AvgIpc) is 3.14. The zero-order valence-corrected chi connectivity index (χ0v) is 35.6. The summed E-state index contributed by atoms with van der Waals surface area (Å²) < 4.78 is 17.5. The average molecular weight is 744 g/mol. The first-order valence-electron chi connectivity index (χ1n) is 22.4. The van der Waals surface area contributed by atoms with Gasteiger partial charge >= 0.3 is 11.9 Å². The number of ether oxygens (including phenoxy) is 3. The molecule has 0 bridgehead atoms. The summed E-state index contributed by atoms with van der Waals surface area (Å²) in [6.45, 7) is 20.0. The number of unbranched alkanes of at least 4 members (excludes halogenated alkanes) is 15. The molecule has 308 valence electrons. The van der Waals surface area contributed by atoms with Gasteiger partial charge in [0.05, 0.1) is 25.7 Å². The summed E-state index contributed by atoms with van der Waals surface area (Å²) in [6.07, 6.45) is 31.1. The quantitative estimate of drug-likeness (QED) is 0.0355. The van der Waals surface area contributed by atoms with E-state index in [1.165, 1.54) is 90.0 Å². The molecule has 0 aliphatic heterocycles. The van der Waals surface area contributed by atoms with Gasteiger partial charge in [0.15, 0.2) is 0 Å². The predicted octanol–water partition coefficient (Wildman–Crippen LogP) is 12.9. The molecule has 0 aromatic rings. The van der Waals surface area contributed by atoms with E-state index in [1.807, 2.05) is 6.08 Å². The summed E-state index contributed by atoms with van der Waals surface area (Å²) in [5.41, 5.74) is 8.28. The fourth-order valence-corrected chi connectivity index (χ4v) is 6.85. The summed E-state index contributed by atoms with van der Waals surface area (Å²) in [6, 6.07) is 0.